The average molecular weight is 252 g/mol. The third-order valence-electron chi connectivity index (χ3n) is 2.71. The number of aromatic nitrogens is 2. The van der Waals surface area contributed by atoms with Crippen LogP contribution < -0.4 is 5.32 Å². The van der Waals surface area contributed by atoms with Gasteiger partial charge < -0.3 is 15.3 Å². The van der Waals surface area contributed by atoms with E-state index in [2.05, 4.69) is 34.0 Å². The summed E-state index contributed by atoms with van der Waals surface area (Å²) in [6.07, 6.45) is 3.76. The highest BCUT2D eigenvalue weighted by Crippen LogP contribution is 2.02. The first-order valence-corrected chi connectivity index (χ1v) is 6.19. The Balaban J connectivity index is 2.35. The summed E-state index contributed by atoms with van der Waals surface area (Å²) in [7, 11) is 0. The Morgan fingerprint density at radius 1 is 1.39 bits per heavy atom. The molecule has 0 aliphatic heterocycles. The zero-order valence-corrected chi connectivity index (χ0v) is 10.9. The molecule has 0 unspecified atom stereocenters. The first-order chi connectivity index (χ1) is 8.67. The van der Waals surface area contributed by atoms with E-state index >= 15 is 0 Å². The Morgan fingerprint density at radius 2 is 2.11 bits per heavy atom. The molecular formula is C12H20N4O2. The molecule has 6 heteroatoms. The van der Waals surface area contributed by atoms with Crippen molar-refractivity contribution in [3.05, 3.63) is 18.1 Å². The Hall–Kier alpha value is -1.69. The summed E-state index contributed by atoms with van der Waals surface area (Å²) in [6, 6.07) is 0. The average Bonchev–Trinajstić information content (AvgIpc) is 2.39. The van der Waals surface area contributed by atoms with Gasteiger partial charge >= 0.3 is 5.97 Å². The van der Waals surface area contributed by atoms with Crippen molar-refractivity contribution in [3.63, 3.8) is 0 Å². The van der Waals surface area contributed by atoms with Crippen molar-refractivity contribution in [2.45, 2.75) is 20.3 Å². The van der Waals surface area contributed by atoms with Crippen molar-refractivity contribution >= 4 is 11.8 Å². The molecule has 1 aromatic rings. The van der Waals surface area contributed by atoms with Crippen LogP contribution in [0.4, 0.5) is 5.82 Å². The van der Waals surface area contributed by atoms with Crippen LogP contribution in [0.1, 0.15) is 30.8 Å². The van der Waals surface area contributed by atoms with Crippen molar-refractivity contribution < 1.29 is 9.90 Å². The lowest BCUT2D eigenvalue weighted by Crippen LogP contribution is -2.25. The molecule has 0 bridgehead atoms. The molecule has 18 heavy (non-hydrogen) atoms. The van der Waals surface area contributed by atoms with Crippen LogP contribution in [0.5, 0.6) is 0 Å². The maximum absolute atomic E-state index is 10.7. The number of nitrogens with zero attached hydrogens (tertiary/aromatic N) is 3. The normalized spacial score (nSPS) is 10.6. The summed E-state index contributed by atoms with van der Waals surface area (Å²) in [4.78, 5) is 20.8. The number of aromatic carboxylic acids is 1. The second kappa shape index (κ2) is 7.60. The molecule has 1 aromatic heterocycles. The van der Waals surface area contributed by atoms with Gasteiger partial charge in [0.1, 0.15) is 5.82 Å². The van der Waals surface area contributed by atoms with E-state index in [-0.39, 0.29) is 5.69 Å². The van der Waals surface area contributed by atoms with E-state index < -0.39 is 5.97 Å². The monoisotopic (exact) mass is 252 g/mol. The van der Waals surface area contributed by atoms with E-state index in [0.717, 1.165) is 32.6 Å². The van der Waals surface area contributed by atoms with Gasteiger partial charge in [-0.15, -0.1) is 0 Å². The topological polar surface area (TPSA) is 78.4 Å². The summed E-state index contributed by atoms with van der Waals surface area (Å²) in [5.74, 6) is -0.552. The molecule has 0 atom stereocenters. The molecule has 1 heterocycles. The highest BCUT2D eigenvalue weighted by atomic mass is 16.4. The summed E-state index contributed by atoms with van der Waals surface area (Å²) >= 11 is 0. The highest BCUT2D eigenvalue weighted by Gasteiger charge is 2.05. The second-order valence-electron chi connectivity index (χ2n) is 3.90. The van der Waals surface area contributed by atoms with Crippen LogP contribution in [0.3, 0.4) is 0 Å². The van der Waals surface area contributed by atoms with E-state index in [9.17, 15) is 4.79 Å². The van der Waals surface area contributed by atoms with E-state index in [1.54, 1.807) is 0 Å². The summed E-state index contributed by atoms with van der Waals surface area (Å²) in [6.45, 7) is 8.15. The van der Waals surface area contributed by atoms with Crippen LogP contribution in [-0.2, 0) is 0 Å². The zero-order chi connectivity index (χ0) is 13.4. The number of nitrogens with one attached hydrogen (secondary N) is 1. The van der Waals surface area contributed by atoms with E-state index in [4.69, 9.17) is 5.11 Å². The lowest BCUT2D eigenvalue weighted by Gasteiger charge is -2.17. The number of carbonyl (C=O) groups is 1. The Bertz CT molecular complexity index is 380. The zero-order valence-electron chi connectivity index (χ0n) is 10.9. The smallest absolute Gasteiger partial charge is 0.356 e. The maximum Gasteiger partial charge on any atom is 0.356 e. The van der Waals surface area contributed by atoms with E-state index in [0.29, 0.717) is 5.82 Å². The van der Waals surface area contributed by atoms with Crippen molar-refractivity contribution in [3.8, 4) is 0 Å². The minimum absolute atomic E-state index is 0.0382. The Kier molecular flexibility index (Phi) is 6.07. The molecular weight excluding hydrogens is 232 g/mol. The molecule has 1 rings (SSSR count). The van der Waals surface area contributed by atoms with E-state index in [1.807, 2.05) is 0 Å². The highest BCUT2D eigenvalue weighted by molar-refractivity contribution is 5.85. The van der Waals surface area contributed by atoms with Gasteiger partial charge in [-0.1, -0.05) is 13.8 Å². The molecule has 2 N–H and O–H groups in total. The van der Waals surface area contributed by atoms with Crippen LogP contribution in [0.25, 0.3) is 0 Å². The molecule has 0 spiro atoms. The van der Waals surface area contributed by atoms with Crippen LogP contribution in [-0.4, -0.2) is 52.1 Å². The Morgan fingerprint density at radius 3 is 2.72 bits per heavy atom. The first-order valence-electron chi connectivity index (χ1n) is 6.19. The van der Waals surface area contributed by atoms with Crippen molar-refractivity contribution in [2.75, 3.05) is 31.5 Å². The summed E-state index contributed by atoms with van der Waals surface area (Å²) in [5.41, 5.74) is -0.0382. The fourth-order valence-electron chi connectivity index (χ4n) is 1.61. The van der Waals surface area contributed by atoms with Gasteiger partial charge in [-0.05, 0) is 26.1 Å². The molecule has 0 saturated carbocycles. The van der Waals surface area contributed by atoms with Gasteiger partial charge in [0.05, 0.1) is 12.4 Å². The minimum Gasteiger partial charge on any atom is -0.476 e. The first kappa shape index (κ1) is 14.4. The van der Waals surface area contributed by atoms with Gasteiger partial charge in [0.15, 0.2) is 5.69 Å². The number of carboxylic acids is 1. The number of rotatable bonds is 8. The molecule has 6 nitrogen and oxygen atoms in total. The van der Waals surface area contributed by atoms with Gasteiger partial charge in [0, 0.05) is 6.54 Å². The molecule has 0 aliphatic carbocycles. The quantitative estimate of drug-likeness (QED) is 0.679. The van der Waals surface area contributed by atoms with Gasteiger partial charge in [0.25, 0.3) is 0 Å². The second-order valence-corrected chi connectivity index (χ2v) is 3.90. The van der Waals surface area contributed by atoms with Gasteiger partial charge in [-0.2, -0.15) is 0 Å². The molecule has 0 aromatic carbocycles. The van der Waals surface area contributed by atoms with Crippen LogP contribution in [0.2, 0.25) is 0 Å². The van der Waals surface area contributed by atoms with Crippen molar-refractivity contribution in [1.29, 1.82) is 0 Å². The largest absolute Gasteiger partial charge is 0.476 e. The maximum atomic E-state index is 10.7. The summed E-state index contributed by atoms with van der Waals surface area (Å²) in [5, 5.41) is 11.9. The van der Waals surface area contributed by atoms with Crippen LogP contribution in [0, 0.1) is 0 Å². The van der Waals surface area contributed by atoms with Gasteiger partial charge in [-0.25, -0.2) is 9.78 Å². The molecule has 0 aliphatic rings. The fourth-order valence-corrected chi connectivity index (χ4v) is 1.61. The predicted molar refractivity (Wildman–Crippen MR) is 69.9 cm³/mol. The van der Waals surface area contributed by atoms with Gasteiger partial charge in [-0.3, -0.25) is 4.98 Å². The van der Waals surface area contributed by atoms with Crippen molar-refractivity contribution in [2.24, 2.45) is 0 Å². The van der Waals surface area contributed by atoms with E-state index in [1.165, 1.54) is 12.4 Å². The van der Waals surface area contributed by atoms with Crippen molar-refractivity contribution in [1.82, 2.24) is 14.9 Å². The number of anilines is 1. The number of hydrogen-bond donors (Lipinski definition) is 2. The Labute approximate surface area is 107 Å². The third kappa shape index (κ3) is 4.67. The summed E-state index contributed by atoms with van der Waals surface area (Å²) < 4.78 is 0. The van der Waals surface area contributed by atoms with Crippen LogP contribution >= 0.6 is 0 Å². The molecule has 0 amide bonds. The molecule has 0 radical (unpaired) electrons. The van der Waals surface area contributed by atoms with Gasteiger partial charge in [0.2, 0.25) is 0 Å². The number of hydrogen-bond acceptors (Lipinski definition) is 5. The third-order valence-corrected chi connectivity index (χ3v) is 2.71. The standard InChI is InChI=1S/C12H20N4O2/c1-3-16(4-2)7-5-6-14-11-9-13-8-10(15-11)12(17)18/h8-9H,3-7H2,1-2H3,(H,14,15)(H,17,18). The molecule has 0 saturated heterocycles. The SMILES string of the molecule is CCN(CC)CCCNc1cncc(C(=O)O)n1. The lowest BCUT2D eigenvalue weighted by atomic mass is 10.3. The fraction of sp³-hybridized carbons (Fsp3) is 0.583. The predicted octanol–water partition coefficient (Wildman–Crippen LogP) is 1.32. The molecule has 100 valence electrons. The lowest BCUT2D eigenvalue weighted by molar-refractivity contribution is 0.0690. The van der Waals surface area contributed by atoms with Crippen LogP contribution in [0.15, 0.2) is 12.4 Å². The molecule has 0 fully saturated rings. The minimum atomic E-state index is -1.06. The number of carboxylic acid groups (broad SMARTS) is 1.